The van der Waals surface area contributed by atoms with Crippen molar-refractivity contribution in [1.82, 2.24) is 20.5 Å². The van der Waals surface area contributed by atoms with E-state index in [9.17, 15) is 4.79 Å². The Bertz CT molecular complexity index is 575. The van der Waals surface area contributed by atoms with Gasteiger partial charge in [-0.05, 0) is 37.4 Å². The van der Waals surface area contributed by atoms with Crippen molar-refractivity contribution in [2.75, 3.05) is 5.75 Å². The molecule has 0 fully saturated rings. The van der Waals surface area contributed by atoms with Crippen LogP contribution in [-0.2, 0) is 4.79 Å². The SMILES string of the molecule is CC(C)NC(=O)CSc1n[nH]c(C=Cc2cccs2)n1. The van der Waals surface area contributed by atoms with Crippen LogP contribution >= 0.6 is 23.1 Å². The molecule has 7 heteroatoms. The number of aromatic amines is 1. The first-order valence-electron chi connectivity index (χ1n) is 6.19. The van der Waals surface area contributed by atoms with Crippen LogP contribution in [0.4, 0.5) is 0 Å². The molecule has 2 aromatic rings. The molecule has 106 valence electrons. The molecule has 2 rings (SSSR count). The summed E-state index contributed by atoms with van der Waals surface area (Å²) in [6.07, 6.45) is 3.85. The topological polar surface area (TPSA) is 70.7 Å². The molecular formula is C13H16N4OS2. The Morgan fingerprint density at radius 1 is 1.55 bits per heavy atom. The summed E-state index contributed by atoms with van der Waals surface area (Å²) in [6.45, 7) is 3.87. The van der Waals surface area contributed by atoms with Crippen molar-refractivity contribution in [3.8, 4) is 0 Å². The van der Waals surface area contributed by atoms with Crippen LogP contribution in [-0.4, -0.2) is 32.9 Å². The van der Waals surface area contributed by atoms with Gasteiger partial charge in [0.15, 0.2) is 0 Å². The molecule has 0 aromatic carbocycles. The summed E-state index contributed by atoms with van der Waals surface area (Å²) >= 11 is 2.98. The predicted molar refractivity (Wildman–Crippen MR) is 83.6 cm³/mol. The van der Waals surface area contributed by atoms with Crippen LogP contribution < -0.4 is 5.32 Å². The molecule has 5 nitrogen and oxygen atoms in total. The zero-order valence-electron chi connectivity index (χ0n) is 11.3. The van der Waals surface area contributed by atoms with E-state index in [0.29, 0.717) is 16.7 Å². The lowest BCUT2D eigenvalue weighted by atomic mass is 10.4. The molecule has 0 aliphatic carbocycles. The molecule has 1 amide bonds. The summed E-state index contributed by atoms with van der Waals surface area (Å²) in [6, 6.07) is 4.18. The number of thioether (sulfide) groups is 1. The molecule has 2 aromatic heterocycles. The molecule has 0 unspecified atom stereocenters. The van der Waals surface area contributed by atoms with Crippen LogP contribution in [0.2, 0.25) is 0 Å². The number of H-pyrrole nitrogens is 1. The lowest BCUT2D eigenvalue weighted by molar-refractivity contribution is -0.119. The number of rotatable bonds is 6. The second-order valence-corrected chi connectivity index (χ2v) is 6.28. The highest BCUT2D eigenvalue weighted by atomic mass is 32.2. The van der Waals surface area contributed by atoms with Crippen molar-refractivity contribution < 1.29 is 4.79 Å². The molecule has 2 heterocycles. The Kier molecular flexibility index (Phi) is 5.37. The molecule has 0 saturated carbocycles. The Hall–Kier alpha value is -1.60. The molecule has 0 bridgehead atoms. The Morgan fingerprint density at radius 2 is 2.40 bits per heavy atom. The fourth-order valence-electron chi connectivity index (χ4n) is 1.44. The van der Waals surface area contributed by atoms with E-state index < -0.39 is 0 Å². The first-order chi connectivity index (χ1) is 9.63. The number of thiophene rings is 1. The average Bonchev–Trinajstić information content (AvgIpc) is 3.05. The van der Waals surface area contributed by atoms with Gasteiger partial charge in [0.05, 0.1) is 5.75 Å². The number of nitrogens with zero attached hydrogens (tertiary/aromatic N) is 2. The summed E-state index contributed by atoms with van der Waals surface area (Å²) in [4.78, 5) is 17.0. The van der Waals surface area contributed by atoms with Gasteiger partial charge in [-0.15, -0.1) is 16.4 Å². The summed E-state index contributed by atoms with van der Waals surface area (Å²) in [5, 5.41) is 12.3. The summed E-state index contributed by atoms with van der Waals surface area (Å²) in [7, 11) is 0. The molecular weight excluding hydrogens is 292 g/mol. The third kappa shape index (κ3) is 4.82. The minimum atomic E-state index is -0.00882. The first-order valence-corrected chi connectivity index (χ1v) is 8.06. The second kappa shape index (κ2) is 7.25. The number of hydrogen-bond donors (Lipinski definition) is 2. The second-order valence-electron chi connectivity index (χ2n) is 4.36. The van der Waals surface area contributed by atoms with E-state index in [1.165, 1.54) is 11.8 Å². The van der Waals surface area contributed by atoms with E-state index in [1.807, 2.05) is 43.5 Å². The molecule has 0 atom stereocenters. The summed E-state index contributed by atoms with van der Waals surface area (Å²) in [5.74, 6) is 1.00. The number of hydrogen-bond acceptors (Lipinski definition) is 5. The van der Waals surface area contributed by atoms with Gasteiger partial charge in [0.25, 0.3) is 0 Å². The quantitative estimate of drug-likeness (QED) is 0.805. The highest BCUT2D eigenvalue weighted by Gasteiger charge is 2.07. The predicted octanol–water partition coefficient (Wildman–Crippen LogP) is 2.65. The number of amides is 1. The Morgan fingerprint density at radius 3 is 3.10 bits per heavy atom. The van der Waals surface area contributed by atoms with Crippen molar-refractivity contribution >= 4 is 41.2 Å². The van der Waals surface area contributed by atoms with E-state index in [-0.39, 0.29) is 11.9 Å². The monoisotopic (exact) mass is 308 g/mol. The smallest absolute Gasteiger partial charge is 0.230 e. The molecule has 0 spiro atoms. The van der Waals surface area contributed by atoms with E-state index in [0.717, 1.165) is 4.88 Å². The van der Waals surface area contributed by atoms with Crippen LogP contribution in [0.25, 0.3) is 12.2 Å². The van der Waals surface area contributed by atoms with Gasteiger partial charge >= 0.3 is 0 Å². The van der Waals surface area contributed by atoms with Gasteiger partial charge in [0.2, 0.25) is 11.1 Å². The third-order valence-electron chi connectivity index (χ3n) is 2.21. The lowest BCUT2D eigenvalue weighted by Crippen LogP contribution is -2.31. The van der Waals surface area contributed by atoms with Crippen LogP contribution in [0.1, 0.15) is 24.5 Å². The zero-order valence-corrected chi connectivity index (χ0v) is 12.9. The van der Waals surface area contributed by atoms with Gasteiger partial charge in [0, 0.05) is 10.9 Å². The third-order valence-corrected chi connectivity index (χ3v) is 3.90. The van der Waals surface area contributed by atoms with Crippen molar-refractivity contribution in [1.29, 1.82) is 0 Å². The van der Waals surface area contributed by atoms with Gasteiger partial charge in [-0.25, -0.2) is 4.98 Å². The number of aromatic nitrogens is 3. The zero-order chi connectivity index (χ0) is 14.4. The normalized spacial score (nSPS) is 11.3. The van der Waals surface area contributed by atoms with Gasteiger partial charge in [-0.1, -0.05) is 17.8 Å². The van der Waals surface area contributed by atoms with Crippen LogP contribution in [0.15, 0.2) is 22.7 Å². The number of nitrogens with one attached hydrogen (secondary N) is 2. The minimum absolute atomic E-state index is 0.00882. The molecule has 2 N–H and O–H groups in total. The maximum atomic E-state index is 11.5. The van der Waals surface area contributed by atoms with Gasteiger partial charge < -0.3 is 5.32 Å². The molecule has 0 aliphatic heterocycles. The van der Waals surface area contributed by atoms with Crippen molar-refractivity contribution in [3.05, 3.63) is 28.2 Å². The minimum Gasteiger partial charge on any atom is -0.353 e. The molecule has 20 heavy (non-hydrogen) atoms. The summed E-state index contributed by atoms with van der Waals surface area (Å²) in [5.41, 5.74) is 0. The van der Waals surface area contributed by atoms with Crippen molar-refractivity contribution in [2.24, 2.45) is 0 Å². The van der Waals surface area contributed by atoms with E-state index >= 15 is 0 Å². The molecule has 0 saturated heterocycles. The fourth-order valence-corrected chi connectivity index (χ4v) is 2.67. The molecule has 0 radical (unpaired) electrons. The highest BCUT2D eigenvalue weighted by molar-refractivity contribution is 7.99. The number of carbonyl (C=O) groups is 1. The van der Waals surface area contributed by atoms with Crippen molar-refractivity contribution in [2.45, 2.75) is 25.0 Å². The first kappa shape index (κ1) is 14.8. The Labute approximate surface area is 125 Å². The number of carbonyl (C=O) groups excluding carboxylic acids is 1. The summed E-state index contributed by atoms with van der Waals surface area (Å²) < 4.78 is 0. The van der Waals surface area contributed by atoms with Crippen LogP contribution in [0, 0.1) is 0 Å². The van der Waals surface area contributed by atoms with E-state index in [2.05, 4.69) is 20.5 Å². The van der Waals surface area contributed by atoms with E-state index in [4.69, 9.17) is 0 Å². The van der Waals surface area contributed by atoms with Crippen molar-refractivity contribution in [3.63, 3.8) is 0 Å². The lowest BCUT2D eigenvalue weighted by Gasteiger charge is -2.06. The molecule has 0 aliphatic rings. The van der Waals surface area contributed by atoms with Crippen LogP contribution in [0.5, 0.6) is 0 Å². The van der Waals surface area contributed by atoms with Gasteiger partial charge in [-0.3, -0.25) is 9.89 Å². The highest BCUT2D eigenvalue weighted by Crippen LogP contribution is 2.14. The maximum Gasteiger partial charge on any atom is 0.230 e. The average molecular weight is 308 g/mol. The van der Waals surface area contributed by atoms with Gasteiger partial charge in [0.1, 0.15) is 5.82 Å². The largest absolute Gasteiger partial charge is 0.353 e. The van der Waals surface area contributed by atoms with Crippen LogP contribution in [0.3, 0.4) is 0 Å². The Balaban J connectivity index is 1.84. The fraction of sp³-hybridized carbons (Fsp3) is 0.308. The van der Waals surface area contributed by atoms with Gasteiger partial charge in [-0.2, -0.15) is 0 Å². The maximum absolute atomic E-state index is 11.5. The standard InChI is InChI=1S/C13H16N4OS2/c1-9(2)14-12(18)8-20-13-15-11(16-17-13)6-5-10-4-3-7-19-10/h3-7,9H,8H2,1-2H3,(H,14,18)(H,15,16,17). The van der Waals surface area contributed by atoms with E-state index in [1.54, 1.807) is 11.3 Å².